The van der Waals surface area contributed by atoms with Gasteiger partial charge in [-0.3, -0.25) is 9.59 Å². The molecular formula is C27H40O4. The highest BCUT2D eigenvalue weighted by Gasteiger charge is 2.51. The molecule has 0 aromatic carbocycles. The molecule has 0 bridgehead atoms. The molecule has 0 heterocycles. The fourth-order valence-corrected chi connectivity index (χ4v) is 6.51. The summed E-state index contributed by atoms with van der Waals surface area (Å²) in [5.41, 5.74) is 3.18. The number of hydrogen-bond acceptors (Lipinski definition) is 4. The molecule has 6 atom stereocenters. The highest BCUT2D eigenvalue weighted by Crippen LogP contribution is 2.59. The van der Waals surface area contributed by atoms with Crippen LogP contribution < -0.4 is 0 Å². The molecular weight excluding hydrogens is 388 g/mol. The first kappa shape index (κ1) is 24.1. The van der Waals surface area contributed by atoms with Crippen LogP contribution in [0.4, 0.5) is 0 Å². The standard InChI is InChI=1S/C27H40O4/c1-5-7-21(28)15-26(31)18(3)23-11-12-24-19(8-6-13-27(23,24)4)9-10-20-14-22(29)16-25(30)17(20)2/h9-10,18,22-25,29-30H,2,5-8,11-16H2,1,3-4H3/b19-9+,20-10-/t18?,22?,23-,24?,25+,27-/m1/s1. The van der Waals surface area contributed by atoms with Crippen LogP contribution in [0.15, 0.2) is 35.5 Å². The van der Waals surface area contributed by atoms with Crippen LogP contribution in [0.2, 0.25) is 0 Å². The Morgan fingerprint density at radius 3 is 2.71 bits per heavy atom. The number of carbonyl (C=O) groups excluding carboxylic acids is 2. The van der Waals surface area contributed by atoms with Crippen molar-refractivity contribution in [2.45, 2.75) is 97.2 Å². The molecule has 172 valence electrons. The quantitative estimate of drug-likeness (QED) is 0.554. The monoisotopic (exact) mass is 428 g/mol. The van der Waals surface area contributed by atoms with E-state index in [1.807, 2.05) is 13.8 Å². The summed E-state index contributed by atoms with van der Waals surface area (Å²) >= 11 is 0. The van der Waals surface area contributed by atoms with Gasteiger partial charge in [-0.1, -0.05) is 45.1 Å². The minimum Gasteiger partial charge on any atom is -0.393 e. The topological polar surface area (TPSA) is 74.6 Å². The van der Waals surface area contributed by atoms with E-state index < -0.39 is 12.2 Å². The van der Waals surface area contributed by atoms with Gasteiger partial charge in [-0.05, 0) is 73.3 Å². The zero-order valence-electron chi connectivity index (χ0n) is 19.5. The molecule has 0 aromatic rings. The third kappa shape index (κ3) is 5.12. The molecule has 4 nitrogen and oxygen atoms in total. The van der Waals surface area contributed by atoms with Crippen molar-refractivity contribution in [3.63, 3.8) is 0 Å². The number of Topliss-reactive ketones (excluding diaryl/α,β-unsaturated/α-hetero) is 2. The van der Waals surface area contributed by atoms with E-state index in [1.54, 1.807) is 0 Å². The van der Waals surface area contributed by atoms with Gasteiger partial charge in [-0.2, -0.15) is 0 Å². The van der Waals surface area contributed by atoms with Crippen LogP contribution in [-0.4, -0.2) is 34.0 Å². The van der Waals surface area contributed by atoms with Crippen LogP contribution >= 0.6 is 0 Å². The van der Waals surface area contributed by atoms with Crippen molar-refractivity contribution in [2.24, 2.45) is 23.2 Å². The maximum Gasteiger partial charge on any atom is 0.143 e. The fraction of sp³-hybridized carbons (Fsp3) is 0.704. The van der Waals surface area contributed by atoms with E-state index in [2.05, 4.69) is 25.7 Å². The van der Waals surface area contributed by atoms with E-state index >= 15 is 0 Å². The molecule has 3 aliphatic carbocycles. The molecule has 4 heteroatoms. The second kappa shape index (κ2) is 9.95. The molecule has 3 unspecified atom stereocenters. The molecule has 3 aliphatic rings. The molecule has 3 saturated carbocycles. The SMILES string of the molecule is C=C1/C(=C\C=C2/CCC[C@@]3(C)C2CC[C@@H]3C(C)C(=O)CC(=O)CCC)CC(O)C[C@@H]1O. The van der Waals surface area contributed by atoms with Crippen molar-refractivity contribution in [1.82, 2.24) is 0 Å². The van der Waals surface area contributed by atoms with E-state index in [9.17, 15) is 19.8 Å². The Bertz CT molecular complexity index is 776. The molecule has 3 fully saturated rings. The van der Waals surface area contributed by atoms with Crippen molar-refractivity contribution in [3.05, 3.63) is 35.5 Å². The molecule has 2 N–H and O–H groups in total. The van der Waals surface area contributed by atoms with Gasteiger partial charge < -0.3 is 10.2 Å². The van der Waals surface area contributed by atoms with Crippen LogP contribution in [0.3, 0.4) is 0 Å². The number of carbonyl (C=O) groups is 2. The van der Waals surface area contributed by atoms with Gasteiger partial charge in [0.05, 0.1) is 18.6 Å². The predicted molar refractivity (Wildman–Crippen MR) is 123 cm³/mol. The summed E-state index contributed by atoms with van der Waals surface area (Å²) in [5, 5.41) is 20.1. The van der Waals surface area contributed by atoms with Crippen molar-refractivity contribution in [1.29, 1.82) is 0 Å². The van der Waals surface area contributed by atoms with E-state index in [-0.39, 0.29) is 29.3 Å². The second-order valence-electron chi connectivity index (χ2n) is 10.4. The van der Waals surface area contributed by atoms with Crippen molar-refractivity contribution in [2.75, 3.05) is 0 Å². The number of hydrogen-bond donors (Lipinski definition) is 2. The van der Waals surface area contributed by atoms with E-state index in [4.69, 9.17) is 0 Å². The molecule has 0 radical (unpaired) electrons. The van der Waals surface area contributed by atoms with Crippen molar-refractivity contribution in [3.8, 4) is 0 Å². The summed E-state index contributed by atoms with van der Waals surface area (Å²) in [6.45, 7) is 10.4. The summed E-state index contributed by atoms with van der Waals surface area (Å²) in [6.07, 6.45) is 10.8. The van der Waals surface area contributed by atoms with Crippen molar-refractivity contribution < 1.29 is 19.8 Å². The Balaban J connectivity index is 1.75. The fourth-order valence-electron chi connectivity index (χ4n) is 6.51. The lowest BCUT2D eigenvalue weighted by Crippen LogP contribution is -2.38. The van der Waals surface area contributed by atoms with Gasteiger partial charge >= 0.3 is 0 Å². The molecule has 0 aliphatic heterocycles. The lowest BCUT2D eigenvalue weighted by molar-refractivity contribution is -0.131. The first-order chi connectivity index (χ1) is 14.7. The maximum absolute atomic E-state index is 12.8. The summed E-state index contributed by atoms with van der Waals surface area (Å²) < 4.78 is 0. The molecule has 0 aromatic heterocycles. The summed E-state index contributed by atoms with van der Waals surface area (Å²) in [7, 11) is 0. The van der Waals surface area contributed by atoms with Crippen LogP contribution in [0.1, 0.15) is 85.0 Å². The Morgan fingerprint density at radius 2 is 2.00 bits per heavy atom. The van der Waals surface area contributed by atoms with Crippen LogP contribution in [0.25, 0.3) is 0 Å². The average Bonchev–Trinajstić information content (AvgIpc) is 3.06. The zero-order valence-corrected chi connectivity index (χ0v) is 19.5. The van der Waals surface area contributed by atoms with Crippen LogP contribution in [0.5, 0.6) is 0 Å². The average molecular weight is 429 g/mol. The van der Waals surface area contributed by atoms with E-state index in [0.29, 0.717) is 31.1 Å². The predicted octanol–water partition coefficient (Wildman–Crippen LogP) is 5.09. The molecule has 0 spiro atoms. The smallest absolute Gasteiger partial charge is 0.143 e. The van der Waals surface area contributed by atoms with Gasteiger partial charge in [0.1, 0.15) is 11.6 Å². The molecule has 3 rings (SSSR count). The van der Waals surface area contributed by atoms with Gasteiger partial charge in [0, 0.05) is 18.8 Å². The highest BCUT2D eigenvalue weighted by atomic mass is 16.3. The maximum atomic E-state index is 12.8. The Morgan fingerprint density at radius 1 is 1.26 bits per heavy atom. The highest BCUT2D eigenvalue weighted by molar-refractivity contribution is 6.00. The van der Waals surface area contributed by atoms with Gasteiger partial charge in [-0.15, -0.1) is 0 Å². The molecule has 0 amide bonds. The second-order valence-corrected chi connectivity index (χ2v) is 10.4. The minimum absolute atomic E-state index is 0.0723. The number of aliphatic hydroxyl groups excluding tert-OH is 2. The number of aliphatic hydroxyl groups is 2. The van der Waals surface area contributed by atoms with Gasteiger partial charge in [0.2, 0.25) is 0 Å². The van der Waals surface area contributed by atoms with Gasteiger partial charge in [0.15, 0.2) is 0 Å². The lowest BCUT2D eigenvalue weighted by atomic mass is 9.60. The third-order valence-electron chi connectivity index (χ3n) is 8.31. The Kier molecular flexibility index (Phi) is 7.75. The van der Waals surface area contributed by atoms with Gasteiger partial charge in [-0.25, -0.2) is 0 Å². The van der Waals surface area contributed by atoms with Crippen molar-refractivity contribution >= 4 is 11.6 Å². The minimum atomic E-state index is -0.664. The first-order valence-electron chi connectivity index (χ1n) is 12.2. The van der Waals surface area contributed by atoms with Crippen LogP contribution in [-0.2, 0) is 9.59 Å². The Labute approximate surface area is 187 Å². The summed E-state index contributed by atoms with van der Waals surface area (Å²) in [6, 6.07) is 0. The third-order valence-corrected chi connectivity index (χ3v) is 8.31. The van der Waals surface area contributed by atoms with E-state index in [0.717, 1.165) is 49.7 Å². The van der Waals surface area contributed by atoms with E-state index in [1.165, 1.54) is 5.57 Å². The number of allylic oxidation sites excluding steroid dienone is 3. The zero-order chi connectivity index (χ0) is 22.8. The largest absolute Gasteiger partial charge is 0.393 e. The molecule has 31 heavy (non-hydrogen) atoms. The van der Waals surface area contributed by atoms with Gasteiger partial charge in [0.25, 0.3) is 0 Å². The summed E-state index contributed by atoms with van der Waals surface area (Å²) in [4.78, 5) is 24.9. The number of rotatable bonds is 7. The number of ketones is 2. The van der Waals surface area contributed by atoms with Crippen LogP contribution in [0, 0.1) is 23.2 Å². The summed E-state index contributed by atoms with van der Waals surface area (Å²) in [5.74, 6) is 0.898. The first-order valence-corrected chi connectivity index (χ1v) is 12.2. The lowest BCUT2D eigenvalue weighted by Gasteiger charge is -2.44. The number of fused-ring (bicyclic) bond motifs is 1. The Hall–Kier alpha value is -1.52. The normalized spacial score (nSPS) is 37.1. The molecule has 0 saturated heterocycles.